The molecule has 0 atom stereocenters. The summed E-state index contributed by atoms with van der Waals surface area (Å²) in [6.07, 6.45) is -1.22. The van der Waals surface area contributed by atoms with Crippen LogP contribution in [0.25, 0.3) is 0 Å². The maximum Gasteiger partial charge on any atom is 2.00 e. The monoisotopic (exact) mass is 362 g/mol. The first-order chi connectivity index (χ1) is 12.4. The Hall–Kier alpha value is -2.36. The molecule has 4 rings (SSSR count). The van der Waals surface area contributed by atoms with Crippen LogP contribution < -0.4 is 26.6 Å². The summed E-state index contributed by atoms with van der Waals surface area (Å²) >= 11 is 0. The fraction of sp³-hybridized carbons (Fsp3) is 0. The van der Waals surface area contributed by atoms with Gasteiger partial charge in [0.05, 0.1) is 0 Å². The van der Waals surface area contributed by atoms with Gasteiger partial charge in [0.15, 0.2) is 0 Å². The van der Waals surface area contributed by atoms with Gasteiger partial charge in [0.1, 0.15) is 6.15 Å². The third kappa shape index (κ3) is 3.85. The van der Waals surface area contributed by atoms with E-state index in [1.54, 1.807) is 0 Å². The number of hydrogen-bond acceptors (Lipinski definition) is 0. The summed E-state index contributed by atoms with van der Waals surface area (Å²) < 4.78 is 0. The Morgan fingerprint density at radius 1 is 0.333 bits per heavy atom. The van der Waals surface area contributed by atoms with Crippen LogP contribution in [0.2, 0.25) is 0 Å². The first kappa shape index (κ1) is 20.9. The van der Waals surface area contributed by atoms with Crippen molar-refractivity contribution in [1.29, 1.82) is 0 Å². The molecule has 0 amide bonds. The van der Waals surface area contributed by atoms with Gasteiger partial charge in [-0.2, -0.15) is 21.9 Å². The Bertz CT molecular complexity index is 765. The van der Waals surface area contributed by atoms with Crippen molar-refractivity contribution in [3.8, 4) is 0 Å². The zero-order valence-electron chi connectivity index (χ0n) is 15.2. The minimum Gasteiger partial charge on any atom is -1.00 e. The quantitative estimate of drug-likeness (QED) is 0.437. The molecule has 27 heavy (non-hydrogen) atoms. The van der Waals surface area contributed by atoms with Crippen molar-refractivity contribution < 1.29 is 4.70 Å². The summed E-state index contributed by atoms with van der Waals surface area (Å²) in [6, 6.07) is 43.5. The van der Waals surface area contributed by atoms with Crippen molar-refractivity contribution in [3.63, 3.8) is 0 Å². The van der Waals surface area contributed by atoms with Crippen LogP contribution in [0, 0.1) is 0 Å². The molecule has 4 aromatic rings. The third-order valence-electron chi connectivity index (χ3n) is 5.20. The van der Waals surface area contributed by atoms with E-state index in [4.69, 9.17) is 0 Å². The van der Waals surface area contributed by atoms with E-state index in [1.807, 2.05) is 0 Å². The number of rotatable bonds is 4. The van der Waals surface area contributed by atoms with Crippen molar-refractivity contribution >= 4 is 51.0 Å². The second-order valence-corrected chi connectivity index (χ2v) is 6.51. The Balaban J connectivity index is 0.00000131. The topological polar surface area (TPSA) is 0 Å². The molecule has 0 saturated carbocycles. The fourth-order valence-electron chi connectivity index (χ4n) is 4.12. The van der Waals surface area contributed by atoms with Gasteiger partial charge in [-0.3, -0.25) is 0 Å². The Labute approximate surface area is 176 Å². The second kappa shape index (κ2) is 9.54. The van der Waals surface area contributed by atoms with Gasteiger partial charge >= 0.3 is 23.1 Å². The maximum atomic E-state index is 2.26. The predicted molar refractivity (Wildman–Crippen MR) is 116 cm³/mol. The maximum absolute atomic E-state index is 2.26. The molecule has 4 aromatic carbocycles. The molecule has 0 nitrogen and oxygen atoms in total. The van der Waals surface area contributed by atoms with Gasteiger partial charge in [-0.25, -0.2) is 0 Å². The van der Waals surface area contributed by atoms with Crippen LogP contribution in [-0.4, -0.2) is 29.2 Å². The summed E-state index contributed by atoms with van der Waals surface area (Å²) in [5, 5.41) is 0. The molecule has 0 N–H and O–H groups in total. The SMILES string of the molecule is [F-].[Mg+2].c1ccc([B-](c2ccccc2)(c2ccccc2)c2ccccc2)cc1. The van der Waals surface area contributed by atoms with E-state index < -0.39 is 6.15 Å². The molecular formula is C24H20BFMg. The normalized spacial score (nSPS) is 10.4. The zero-order chi connectivity index (χ0) is 17.0. The molecule has 3 heteroatoms. The summed E-state index contributed by atoms with van der Waals surface area (Å²) in [6.45, 7) is 0. The van der Waals surface area contributed by atoms with Gasteiger partial charge in [0.25, 0.3) is 0 Å². The van der Waals surface area contributed by atoms with E-state index in [-0.39, 0.29) is 27.8 Å². The van der Waals surface area contributed by atoms with E-state index in [0.717, 1.165) is 0 Å². The van der Waals surface area contributed by atoms with Gasteiger partial charge in [-0.15, -0.1) is 0 Å². The second-order valence-electron chi connectivity index (χ2n) is 6.51. The molecule has 0 bridgehead atoms. The largest absolute Gasteiger partial charge is 2.00 e. The molecule has 0 radical (unpaired) electrons. The number of hydrogen-bond donors (Lipinski definition) is 0. The standard InChI is InChI=1S/C24H20B.FH.Mg/c1-5-13-21(14-6-1)25(22-15-7-2-8-16-22,23-17-9-3-10-18-23)24-19-11-4-12-20-24;;/h1-20H;1H;/q-1;;+2/p-1. The zero-order valence-corrected chi connectivity index (χ0v) is 16.6. The molecule has 0 aliphatic carbocycles. The molecule has 0 spiro atoms. The van der Waals surface area contributed by atoms with Gasteiger partial charge in [0.2, 0.25) is 0 Å². The van der Waals surface area contributed by atoms with E-state index in [9.17, 15) is 0 Å². The van der Waals surface area contributed by atoms with Crippen molar-refractivity contribution in [2.24, 2.45) is 0 Å². The van der Waals surface area contributed by atoms with Gasteiger partial charge in [-0.05, 0) is 0 Å². The first-order valence-electron chi connectivity index (χ1n) is 8.80. The van der Waals surface area contributed by atoms with Crippen LogP contribution in [-0.2, 0) is 0 Å². The van der Waals surface area contributed by atoms with Crippen molar-refractivity contribution in [2.75, 3.05) is 0 Å². The molecule has 0 aromatic heterocycles. The van der Waals surface area contributed by atoms with Gasteiger partial charge < -0.3 is 4.70 Å². The van der Waals surface area contributed by atoms with E-state index in [2.05, 4.69) is 121 Å². The third-order valence-corrected chi connectivity index (χ3v) is 5.20. The van der Waals surface area contributed by atoms with Crippen LogP contribution in [0.15, 0.2) is 121 Å². The molecular weight excluding hydrogens is 342 g/mol. The van der Waals surface area contributed by atoms with Crippen molar-refractivity contribution in [2.45, 2.75) is 0 Å². The van der Waals surface area contributed by atoms with E-state index in [0.29, 0.717) is 0 Å². The Morgan fingerprint density at radius 3 is 0.704 bits per heavy atom. The molecule has 0 aliphatic heterocycles. The minimum absolute atomic E-state index is 0. The summed E-state index contributed by atoms with van der Waals surface area (Å²) in [7, 11) is 0. The summed E-state index contributed by atoms with van der Waals surface area (Å²) in [4.78, 5) is 0. The Morgan fingerprint density at radius 2 is 0.519 bits per heavy atom. The molecule has 128 valence electrons. The molecule has 0 aliphatic rings. The van der Waals surface area contributed by atoms with E-state index in [1.165, 1.54) is 21.9 Å². The minimum atomic E-state index is -1.22. The van der Waals surface area contributed by atoms with Crippen LogP contribution in [0.4, 0.5) is 0 Å². The van der Waals surface area contributed by atoms with Crippen LogP contribution >= 0.6 is 0 Å². The van der Waals surface area contributed by atoms with Gasteiger partial charge in [-0.1, -0.05) is 121 Å². The average molecular weight is 363 g/mol. The van der Waals surface area contributed by atoms with Gasteiger partial charge in [0, 0.05) is 0 Å². The van der Waals surface area contributed by atoms with Crippen LogP contribution in [0.5, 0.6) is 0 Å². The van der Waals surface area contributed by atoms with Crippen molar-refractivity contribution in [1.82, 2.24) is 0 Å². The van der Waals surface area contributed by atoms with Crippen molar-refractivity contribution in [3.05, 3.63) is 121 Å². The first-order valence-corrected chi connectivity index (χ1v) is 8.80. The Kier molecular flexibility index (Phi) is 7.40. The fourth-order valence-corrected chi connectivity index (χ4v) is 4.12. The molecule has 0 fully saturated rings. The smallest absolute Gasteiger partial charge is 1.00 e. The molecule has 0 unspecified atom stereocenters. The number of benzene rings is 4. The van der Waals surface area contributed by atoms with E-state index >= 15 is 0 Å². The summed E-state index contributed by atoms with van der Waals surface area (Å²) in [5.74, 6) is 0. The average Bonchev–Trinajstić information content (AvgIpc) is 2.72. The van der Waals surface area contributed by atoms with Crippen LogP contribution in [0.1, 0.15) is 0 Å². The number of halogens is 1. The summed E-state index contributed by atoms with van der Waals surface area (Å²) in [5.41, 5.74) is 5.36. The molecule has 0 heterocycles. The van der Waals surface area contributed by atoms with Crippen LogP contribution in [0.3, 0.4) is 0 Å². The molecule has 0 saturated heterocycles. The predicted octanol–water partition coefficient (Wildman–Crippen LogP) is -0.313.